The molecule has 0 bridgehead atoms. The van der Waals surface area contributed by atoms with Crippen molar-refractivity contribution in [3.8, 4) is 5.69 Å². The lowest BCUT2D eigenvalue weighted by Gasteiger charge is -2.06. The summed E-state index contributed by atoms with van der Waals surface area (Å²) in [6, 6.07) is 9.66. The van der Waals surface area contributed by atoms with Crippen LogP contribution in [0.5, 0.6) is 0 Å². The number of carbonyl (C=O) groups excluding carboxylic acids is 2. The Morgan fingerprint density at radius 3 is 2.63 bits per heavy atom. The van der Waals surface area contributed by atoms with Gasteiger partial charge in [-0.15, -0.1) is 0 Å². The van der Waals surface area contributed by atoms with Gasteiger partial charge in [-0.05, 0) is 30.2 Å². The molecule has 1 atom stereocenters. The number of amides is 2. The van der Waals surface area contributed by atoms with Crippen LogP contribution in [0.25, 0.3) is 5.69 Å². The molecule has 1 aliphatic rings. The predicted octanol–water partition coefficient (Wildman–Crippen LogP) is 1.77. The maximum Gasteiger partial charge on any atom is 0.286 e. The minimum absolute atomic E-state index is 0.203. The second-order valence-electron chi connectivity index (χ2n) is 4.20. The molecule has 2 aromatic rings. The molecule has 0 radical (unpaired) electrons. The van der Waals surface area contributed by atoms with Gasteiger partial charge in [-0.2, -0.15) is 5.10 Å². The van der Waals surface area contributed by atoms with Crippen LogP contribution < -0.4 is 5.32 Å². The van der Waals surface area contributed by atoms with Crippen LogP contribution in [0.4, 0.5) is 4.79 Å². The smallest absolute Gasteiger partial charge is 0.286 e. The quantitative estimate of drug-likeness (QED) is 0.925. The SMILES string of the molecule is O=C1NC(=O)[C@H](Cc2ccc(-n3cccn3)cc2)S1. The van der Waals surface area contributed by atoms with Gasteiger partial charge in [0.25, 0.3) is 5.24 Å². The molecule has 3 rings (SSSR count). The lowest BCUT2D eigenvalue weighted by Crippen LogP contribution is -2.25. The van der Waals surface area contributed by atoms with Crippen molar-refractivity contribution in [2.45, 2.75) is 11.7 Å². The molecule has 2 amide bonds. The molecule has 96 valence electrons. The summed E-state index contributed by atoms with van der Waals surface area (Å²) in [5.41, 5.74) is 1.99. The van der Waals surface area contributed by atoms with Gasteiger partial charge in [0.2, 0.25) is 5.91 Å². The van der Waals surface area contributed by atoms with E-state index in [2.05, 4.69) is 10.4 Å². The van der Waals surface area contributed by atoms with Crippen LogP contribution in [0, 0.1) is 0 Å². The van der Waals surface area contributed by atoms with Gasteiger partial charge in [0.05, 0.1) is 10.9 Å². The van der Waals surface area contributed by atoms with E-state index in [1.54, 1.807) is 10.9 Å². The zero-order valence-corrected chi connectivity index (χ0v) is 10.8. The fourth-order valence-electron chi connectivity index (χ4n) is 1.95. The van der Waals surface area contributed by atoms with E-state index in [4.69, 9.17) is 0 Å². The highest BCUT2D eigenvalue weighted by molar-refractivity contribution is 8.15. The number of aromatic nitrogens is 2. The normalized spacial score (nSPS) is 18.6. The number of benzene rings is 1. The molecule has 0 spiro atoms. The standard InChI is InChI=1S/C13H11N3O2S/c17-12-11(19-13(18)15-12)8-9-2-4-10(5-3-9)16-7-1-6-14-16/h1-7,11H,8H2,(H,15,17,18)/t11-/m0/s1. The fraction of sp³-hybridized carbons (Fsp3) is 0.154. The largest absolute Gasteiger partial charge is 0.286 e. The molecule has 2 heterocycles. The van der Waals surface area contributed by atoms with E-state index in [1.165, 1.54) is 0 Å². The molecule has 1 N–H and O–H groups in total. The molecule has 0 saturated carbocycles. The zero-order chi connectivity index (χ0) is 13.2. The van der Waals surface area contributed by atoms with Crippen molar-refractivity contribution >= 4 is 22.9 Å². The monoisotopic (exact) mass is 273 g/mol. The molecule has 5 nitrogen and oxygen atoms in total. The van der Waals surface area contributed by atoms with Crippen LogP contribution in [0.15, 0.2) is 42.7 Å². The van der Waals surface area contributed by atoms with Crippen molar-refractivity contribution in [1.29, 1.82) is 0 Å². The van der Waals surface area contributed by atoms with Gasteiger partial charge in [-0.25, -0.2) is 4.68 Å². The van der Waals surface area contributed by atoms with Gasteiger partial charge < -0.3 is 0 Å². The van der Waals surface area contributed by atoms with E-state index in [9.17, 15) is 9.59 Å². The zero-order valence-electron chi connectivity index (χ0n) is 9.95. The number of thioether (sulfide) groups is 1. The third-order valence-corrected chi connectivity index (χ3v) is 3.87. The molecular formula is C13H11N3O2S. The average molecular weight is 273 g/mol. The van der Waals surface area contributed by atoms with Crippen molar-refractivity contribution in [3.63, 3.8) is 0 Å². The lowest BCUT2D eigenvalue weighted by molar-refractivity contribution is -0.118. The Balaban J connectivity index is 1.73. The van der Waals surface area contributed by atoms with E-state index in [0.717, 1.165) is 23.0 Å². The van der Waals surface area contributed by atoms with Gasteiger partial charge in [0.1, 0.15) is 0 Å². The molecule has 1 aliphatic heterocycles. The van der Waals surface area contributed by atoms with Crippen LogP contribution in [0.3, 0.4) is 0 Å². The van der Waals surface area contributed by atoms with Gasteiger partial charge in [0, 0.05) is 12.4 Å². The lowest BCUT2D eigenvalue weighted by atomic mass is 10.1. The number of rotatable bonds is 3. The third kappa shape index (κ3) is 2.53. The summed E-state index contributed by atoms with van der Waals surface area (Å²) in [7, 11) is 0. The van der Waals surface area contributed by atoms with Crippen LogP contribution in [0.1, 0.15) is 5.56 Å². The van der Waals surface area contributed by atoms with E-state index in [1.807, 2.05) is 36.5 Å². The first-order valence-electron chi connectivity index (χ1n) is 5.83. The number of carbonyl (C=O) groups is 2. The van der Waals surface area contributed by atoms with Crippen molar-refractivity contribution in [2.75, 3.05) is 0 Å². The first-order valence-corrected chi connectivity index (χ1v) is 6.71. The molecule has 1 saturated heterocycles. The molecule has 6 heteroatoms. The van der Waals surface area contributed by atoms with Crippen LogP contribution >= 0.6 is 11.8 Å². The van der Waals surface area contributed by atoms with Gasteiger partial charge in [-0.1, -0.05) is 23.9 Å². The highest BCUT2D eigenvalue weighted by atomic mass is 32.2. The first-order chi connectivity index (χ1) is 9.22. The Kier molecular flexibility index (Phi) is 3.08. The Hall–Kier alpha value is -2.08. The number of nitrogens with one attached hydrogen (secondary N) is 1. The van der Waals surface area contributed by atoms with Gasteiger partial charge >= 0.3 is 0 Å². The Labute approximate surface area is 114 Å². The van der Waals surface area contributed by atoms with E-state index in [0.29, 0.717) is 6.42 Å². The van der Waals surface area contributed by atoms with Crippen molar-refractivity contribution in [1.82, 2.24) is 15.1 Å². The second kappa shape index (κ2) is 4.89. The maximum atomic E-state index is 11.5. The van der Waals surface area contributed by atoms with Crippen molar-refractivity contribution in [3.05, 3.63) is 48.3 Å². The fourth-order valence-corrected chi connectivity index (χ4v) is 2.81. The second-order valence-corrected chi connectivity index (χ2v) is 5.38. The van der Waals surface area contributed by atoms with Crippen LogP contribution in [-0.4, -0.2) is 26.2 Å². The minimum Gasteiger partial charge on any atom is -0.286 e. The van der Waals surface area contributed by atoms with E-state index in [-0.39, 0.29) is 16.4 Å². The Bertz CT molecular complexity index is 607. The summed E-state index contributed by atoms with van der Waals surface area (Å²) in [5, 5.41) is 5.86. The summed E-state index contributed by atoms with van der Waals surface area (Å²) in [6.07, 6.45) is 4.15. The first kappa shape index (κ1) is 12.0. The summed E-state index contributed by atoms with van der Waals surface area (Å²) >= 11 is 1.05. The summed E-state index contributed by atoms with van der Waals surface area (Å²) in [4.78, 5) is 22.6. The van der Waals surface area contributed by atoms with Crippen LogP contribution in [0.2, 0.25) is 0 Å². The number of nitrogens with zero attached hydrogens (tertiary/aromatic N) is 2. The van der Waals surface area contributed by atoms with Crippen LogP contribution in [-0.2, 0) is 11.2 Å². The Morgan fingerprint density at radius 1 is 1.26 bits per heavy atom. The molecule has 0 aliphatic carbocycles. The van der Waals surface area contributed by atoms with Gasteiger partial charge in [-0.3, -0.25) is 14.9 Å². The van der Waals surface area contributed by atoms with Crippen molar-refractivity contribution in [2.24, 2.45) is 0 Å². The number of hydrogen-bond donors (Lipinski definition) is 1. The summed E-state index contributed by atoms with van der Waals surface area (Å²) in [5.74, 6) is -0.203. The molecule has 1 aromatic carbocycles. The Morgan fingerprint density at radius 2 is 2.05 bits per heavy atom. The van der Waals surface area contributed by atoms with E-state index >= 15 is 0 Å². The molecule has 19 heavy (non-hydrogen) atoms. The molecule has 1 fully saturated rings. The topological polar surface area (TPSA) is 64.0 Å². The molecule has 0 unspecified atom stereocenters. The number of imide groups is 1. The highest BCUT2D eigenvalue weighted by Gasteiger charge is 2.31. The van der Waals surface area contributed by atoms with E-state index < -0.39 is 0 Å². The van der Waals surface area contributed by atoms with Crippen molar-refractivity contribution < 1.29 is 9.59 Å². The summed E-state index contributed by atoms with van der Waals surface area (Å²) < 4.78 is 1.77. The van der Waals surface area contributed by atoms with Gasteiger partial charge in [0.15, 0.2) is 0 Å². The summed E-state index contributed by atoms with van der Waals surface area (Å²) in [6.45, 7) is 0. The third-order valence-electron chi connectivity index (χ3n) is 2.89. The average Bonchev–Trinajstić information content (AvgIpc) is 3.01. The maximum absolute atomic E-state index is 11.5. The predicted molar refractivity (Wildman–Crippen MR) is 72.2 cm³/mol. The highest BCUT2D eigenvalue weighted by Crippen LogP contribution is 2.23. The number of hydrogen-bond acceptors (Lipinski definition) is 4. The minimum atomic E-state index is -0.317. The molecule has 1 aromatic heterocycles. The molecular weight excluding hydrogens is 262 g/mol.